The quantitative estimate of drug-likeness (QED) is 0.780. The predicted molar refractivity (Wildman–Crippen MR) is 99.4 cm³/mol. The van der Waals surface area contributed by atoms with Crippen molar-refractivity contribution in [3.63, 3.8) is 0 Å². The molecule has 1 amide bonds. The number of thioether (sulfide) groups is 1. The largest absolute Gasteiger partial charge is 0.341 e. The van der Waals surface area contributed by atoms with Crippen molar-refractivity contribution in [2.24, 2.45) is 0 Å². The summed E-state index contributed by atoms with van der Waals surface area (Å²) >= 11 is 1.33. The van der Waals surface area contributed by atoms with Crippen LogP contribution in [0.5, 0.6) is 0 Å². The van der Waals surface area contributed by atoms with E-state index in [1.165, 1.54) is 34.9 Å². The second kappa shape index (κ2) is 7.05. The van der Waals surface area contributed by atoms with Gasteiger partial charge in [0.05, 0.1) is 34.9 Å². The fraction of sp³-hybridized carbons (Fsp3) is 0.200. The normalized spacial score (nSPS) is 19.7. The molecule has 0 bridgehead atoms. The number of benzene rings is 2. The molecule has 2 aliphatic heterocycles. The van der Waals surface area contributed by atoms with Gasteiger partial charge < -0.3 is 4.90 Å². The minimum absolute atomic E-state index is 0.0848. The average Bonchev–Trinajstić information content (AvgIpc) is 2.68. The number of halogens is 2. The van der Waals surface area contributed by atoms with E-state index in [1.54, 1.807) is 35.2 Å². The number of nitriles is 1. The number of allylic oxidation sites excluding steroid dienone is 1. The maximum Gasteiger partial charge on any atom is 0.229 e. The first-order valence-corrected chi connectivity index (χ1v) is 9.39. The fourth-order valence-corrected chi connectivity index (χ4v) is 4.59. The Kier molecular flexibility index (Phi) is 4.58. The Balaban J connectivity index is 1.69. The monoisotopic (exact) mass is 383 g/mol. The Hall–Kier alpha value is -2.85. The molecular formula is C20H15F2N3OS. The highest BCUT2D eigenvalue weighted by Gasteiger charge is 2.38. The molecule has 4 rings (SSSR count). The van der Waals surface area contributed by atoms with Crippen LogP contribution in [-0.4, -0.2) is 23.4 Å². The number of fused-ring (bicyclic) bond motifs is 1. The van der Waals surface area contributed by atoms with Crippen LogP contribution < -0.4 is 4.90 Å². The Morgan fingerprint density at radius 1 is 1.15 bits per heavy atom. The molecule has 2 aromatic rings. The Bertz CT molecular complexity index is 985. The van der Waals surface area contributed by atoms with Gasteiger partial charge in [-0.2, -0.15) is 5.26 Å². The highest BCUT2D eigenvalue weighted by Crippen LogP contribution is 2.43. The van der Waals surface area contributed by atoms with Crippen LogP contribution in [0.1, 0.15) is 17.9 Å². The van der Waals surface area contributed by atoms with Crippen LogP contribution in [0.15, 0.2) is 59.1 Å². The second-order valence-corrected chi connectivity index (χ2v) is 7.30. The summed E-state index contributed by atoms with van der Waals surface area (Å²) in [6.45, 7) is 0.184. The van der Waals surface area contributed by atoms with Crippen LogP contribution in [-0.2, 0) is 4.79 Å². The molecule has 0 aliphatic carbocycles. The average molecular weight is 383 g/mol. The zero-order valence-corrected chi connectivity index (χ0v) is 15.0. The molecule has 0 radical (unpaired) electrons. The van der Waals surface area contributed by atoms with Crippen molar-refractivity contribution in [1.29, 1.82) is 5.26 Å². The van der Waals surface area contributed by atoms with Crippen LogP contribution in [0, 0.1) is 23.0 Å². The van der Waals surface area contributed by atoms with Gasteiger partial charge in [-0.15, -0.1) is 0 Å². The van der Waals surface area contributed by atoms with E-state index in [-0.39, 0.29) is 24.8 Å². The molecule has 2 aliphatic rings. The van der Waals surface area contributed by atoms with Crippen molar-refractivity contribution in [1.82, 2.24) is 4.90 Å². The summed E-state index contributed by atoms with van der Waals surface area (Å²) in [5.74, 6) is -0.954. The van der Waals surface area contributed by atoms with Crippen LogP contribution in [0.4, 0.5) is 14.5 Å². The van der Waals surface area contributed by atoms with Gasteiger partial charge in [0.15, 0.2) is 0 Å². The first-order valence-electron chi connectivity index (χ1n) is 8.41. The van der Waals surface area contributed by atoms with Gasteiger partial charge in [0, 0.05) is 12.3 Å². The molecule has 1 unspecified atom stereocenters. The Morgan fingerprint density at radius 2 is 1.96 bits per heavy atom. The smallest absolute Gasteiger partial charge is 0.229 e. The maximum absolute atomic E-state index is 14.1. The highest BCUT2D eigenvalue weighted by molar-refractivity contribution is 8.03. The van der Waals surface area contributed by atoms with E-state index in [2.05, 4.69) is 6.07 Å². The van der Waals surface area contributed by atoms with E-state index in [0.717, 1.165) is 0 Å². The van der Waals surface area contributed by atoms with E-state index in [0.29, 0.717) is 27.7 Å². The molecule has 2 heterocycles. The maximum atomic E-state index is 14.1. The summed E-state index contributed by atoms with van der Waals surface area (Å²) < 4.78 is 27.7. The van der Waals surface area contributed by atoms with E-state index >= 15 is 0 Å². The molecule has 1 saturated heterocycles. The van der Waals surface area contributed by atoms with Gasteiger partial charge in [0.1, 0.15) is 11.6 Å². The van der Waals surface area contributed by atoms with Gasteiger partial charge in [0.2, 0.25) is 5.91 Å². The molecule has 27 heavy (non-hydrogen) atoms. The number of anilines is 1. The number of hydrogen-bond donors (Lipinski definition) is 0. The van der Waals surface area contributed by atoms with Crippen molar-refractivity contribution in [2.45, 2.75) is 12.3 Å². The molecule has 0 N–H and O–H groups in total. The van der Waals surface area contributed by atoms with Crippen molar-refractivity contribution in [2.75, 3.05) is 17.4 Å². The summed E-state index contributed by atoms with van der Waals surface area (Å²) in [4.78, 5) is 16.1. The number of amides is 1. The van der Waals surface area contributed by atoms with Gasteiger partial charge in [-0.3, -0.25) is 9.69 Å². The van der Waals surface area contributed by atoms with Gasteiger partial charge in [-0.25, -0.2) is 8.78 Å². The molecule has 0 aromatic heterocycles. The molecule has 4 nitrogen and oxygen atoms in total. The minimum atomic E-state index is -0.461. The van der Waals surface area contributed by atoms with Crippen LogP contribution in [0.3, 0.4) is 0 Å². The molecule has 7 heteroatoms. The first-order chi connectivity index (χ1) is 13.1. The van der Waals surface area contributed by atoms with Crippen molar-refractivity contribution in [3.8, 4) is 6.07 Å². The number of carbonyl (C=O) groups is 1. The van der Waals surface area contributed by atoms with Crippen molar-refractivity contribution in [3.05, 3.63) is 76.3 Å². The number of nitrogens with zero attached hydrogens (tertiary/aromatic N) is 3. The van der Waals surface area contributed by atoms with Crippen LogP contribution in [0.25, 0.3) is 0 Å². The van der Waals surface area contributed by atoms with Crippen molar-refractivity contribution < 1.29 is 13.6 Å². The zero-order valence-electron chi connectivity index (χ0n) is 14.2. The lowest BCUT2D eigenvalue weighted by atomic mass is 9.86. The van der Waals surface area contributed by atoms with Crippen LogP contribution >= 0.6 is 11.8 Å². The third-order valence-electron chi connectivity index (χ3n) is 4.74. The lowest BCUT2D eigenvalue weighted by molar-refractivity contribution is -0.129. The number of hydrogen-bond acceptors (Lipinski definition) is 4. The van der Waals surface area contributed by atoms with E-state index in [1.807, 2.05) is 0 Å². The highest BCUT2D eigenvalue weighted by atomic mass is 32.2. The zero-order chi connectivity index (χ0) is 19.0. The fourth-order valence-electron chi connectivity index (χ4n) is 3.43. The third kappa shape index (κ3) is 3.17. The second-order valence-electron chi connectivity index (χ2n) is 6.37. The summed E-state index contributed by atoms with van der Waals surface area (Å²) in [6, 6.07) is 14.6. The minimum Gasteiger partial charge on any atom is -0.341 e. The predicted octanol–water partition coefficient (Wildman–Crippen LogP) is 4.18. The van der Waals surface area contributed by atoms with E-state index in [4.69, 9.17) is 0 Å². The molecular weight excluding hydrogens is 368 g/mol. The van der Waals surface area contributed by atoms with Gasteiger partial charge in [-0.05, 0) is 29.8 Å². The number of para-hydroxylation sites is 1. The first kappa shape index (κ1) is 17.6. The summed E-state index contributed by atoms with van der Waals surface area (Å²) in [6.07, 6.45) is 0.0848. The van der Waals surface area contributed by atoms with Crippen LogP contribution in [0.2, 0.25) is 0 Å². The molecule has 136 valence electrons. The summed E-state index contributed by atoms with van der Waals surface area (Å²) in [7, 11) is 0. The summed E-state index contributed by atoms with van der Waals surface area (Å²) in [5.41, 5.74) is 1.49. The molecule has 2 aromatic carbocycles. The standard InChI is InChI=1S/C20H15F2N3OS/c21-14-5-3-4-13(8-14)15-9-19(26)25-11-24(12-27-20(25)16(15)10-23)18-7-2-1-6-17(18)22/h1-8,15H,9,11-12H2. The third-order valence-corrected chi connectivity index (χ3v) is 5.89. The number of rotatable bonds is 2. The van der Waals surface area contributed by atoms with Gasteiger partial charge >= 0.3 is 0 Å². The lowest BCUT2D eigenvalue weighted by Crippen LogP contribution is -2.47. The van der Waals surface area contributed by atoms with Crippen molar-refractivity contribution >= 4 is 23.4 Å². The number of carbonyl (C=O) groups excluding carboxylic acids is 1. The molecule has 0 spiro atoms. The summed E-state index contributed by atoms with van der Waals surface area (Å²) in [5, 5.41) is 10.3. The molecule has 1 fully saturated rings. The van der Waals surface area contributed by atoms with E-state index in [9.17, 15) is 18.8 Å². The van der Waals surface area contributed by atoms with Gasteiger partial charge in [0.25, 0.3) is 0 Å². The van der Waals surface area contributed by atoms with E-state index < -0.39 is 11.7 Å². The van der Waals surface area contributed by atoms with Gasteiger partial charge in [-0.1, -0.05) is 36.0 Å². The molecule has 0 saturated carbocycles. The lowest BCUT2D eigenvalue weighted by Gasteiger charge is -2.42. The SMILES string of the molecule is N#CC1=C2SCN(c3ccccc3F)CN2C(=O)CC1c1cccc(F)c1. The topological polar surface area (TPSA) is 47.3 Å². The Morgan fingerprint density at radius 3 is 2.70 bits per heavy atom. The Labute approximate surface area is 159 Å². The molecule has 1 atom stereocenters.